The van der Waals surface area contributed by atoms with Gasteiger partial charge >= 0.3 is 5.97 Å². The molecular formula is C29H50O3. The topological polar surface area (TPSA) is 46.5 Å². The second-order valence-electron chi connectivity index (χ2n) is 13.4. The lowest BCUT2D eigenvalue weighted by Crippen LogP contribution is -2.63. The average Bonchev–Trinajstić information content (AvgIpc) is 3.05. The molecule has 1 N–H and O–H groups in total. The van der Waals surface area contributed by atoms with Gasteiger partial charge in [0.25, 0.3) is 0 Å². The number of fused-ring (bicyclic) bond motifs is 5. The molecule has 3 nitrogen and oxygen atoms in total. The van der Waals surface area contributed by atoms with Gasteiger partial charge in [-0.3, -0.25) is 4.79 Å². The predicted molar refractivity (Wildman–Crippen MR) is 130 cm³/mol. The molecule has 0 aromatic heterocycles. The average molecular weight is 447 g/mol. The normalized spacial score (nSPS) is 46.8. The Morgan fingerprint density at radius 2 is 1.72 bits per heavy atom. The molecular weight excluding hydrogens is 396 g/mol. The van der Waals surface area contributed by atoms with Crippen molar-refractivity contribution in [1.29, 1.82) is 0 Å². The van der Waals surface area contributed by atoms with Crippen molar-refractivity contribution in [3.05, 3.63) is 0 Å². The summed E-state index contributed by atoms with van der Waals surface area (Å²) in [5, 5.41) is 11.9. The number of hydrogen-bond donors (Lipinski definition) is 1. The van der Waals surface area contributed by atoms with Crippen LogP contribution >= 0.6 is 0 Å². The molecule has 184 valence electrons. The molecule has 4 fully saturated rings. The Kier molecular flexibility index (Phi) is 6.83. The van der Waals surface area contributed by atoms with Gasteiger partial charge in [-0.25, -0.2) is 0 Å². The number of carbonyl (C=O) groups excluding carboxylic acids is 1. The Bertz CT molecular complexity index is 688. The van der Waals surface area contributed by atoms with Crippen molar-refractivity contribution in [2.75, 3.05) is 0 Å². The van der Waals surface area contributed by atoms with Gasteiger partial charge in [-0.05, 0) is 97.7 Å². The van der Waals surface area contributed by atoms with Gasteiger partial charge in [0.2, 0.25) is 0 Å². The molecule has 0 spiro atoms. The SMILES string of the molecule is CC(=O)O[C@H]1CC[C@]2(C)[C@@H]3CC[C@]4(C)[C@H](CC[C@H]4[C@@H](C)CCCC(C)C)[C@H]3CC[C@@]2(O)C1. The number of carbonyl (C=O) groups is 1. The first-order chi connectivity index (χ1) is 15.0. The van der Waals surface area contributed by atoms with Crippen LogP contribution in [0.25, 0.3) is 0 Å². The highest BCUT2D eigenvalue weighted by molar-refractivity contribution is 5.66. The molecule has 4 rings (SSSR count). The second kappa shape index (κ2) is 8.90. The number of aliphatic hydroxyl groups is 1. The molecule has 0 heterocycles. The number of ether oxygens (including phenoxy) is 1. The van der Waals surface area contributed by atoms with E-state index in [1.807, 2.05) is 0 Å². The second-order valence-corrected chi connectivity index (χ2v) is 13.4. The molecule has 32 heavy (non-hydrogen) atoms. The molecule has 4 saturated carbocycles. The van der Waals surface area contributed by atoms with Gasteiger partial charge in [0.1, 0.15) is 6.10 Å². The molecule has 9 atom stereocenters. The van der Waals surface area contributed by atoms with E-state index in [4.69, 9.17) is 4.74 Å². The number of hydrogen-bond acceptors (Lipinski definition) is 3. The molecule has 0 bridgehead atoms. The lowest BCUT2D eigenvalue weighted by Gasteiger charge is -2.64. The van der Waals surface area contributed by atoms with E-state index in [2.05, 4.69) is 34.6 Å². The van der Waals surface area contributed by atoms with Crippen molar-refractivity contribution in [1.82, 2.24) is 0 Å². The van der Waals surface area contributed by atoms with Crippen molar-refractivity contribution in [3.8, 4) is 0 Å². The van der Waals surface area contributed by atoms with E-state index in [1.54, 1.807) is 0 Å². The van der Waals surface area contributed by atoms with Crippen LogP contribution in [0.1, 0.15) is 119 Å². The minimum Gasteiger partial charge on any atom is -0.462 e. The fraction of sp³-hybridized carbons (Fsp3) is 0.966. The van der Waals surface area contributed by atoms with Crippen LogP contribution in [0.4, 0.5) is 0 Å². The van der Waals surface area contributed by atoms with Gasteiger partial charge in [0, 0.05) is 13.3 Å². The summed E-state index contributed by atoms with van der Waals surface area (Å²) in [5.74, 6) is 4.59. The predicted octanol–water partition coefficient (Wildman–Crippen LogP) is 7.15. The molecule has 0 saturated heterocycles. The summed E-state index contributed by atoms with van der Waals surface area (Å²) in [7, 11) is 0. The van der Waals surface area contributed by atoms with Crippen LogP contribution in [-0.2, 0) is 9.53 Å². The zero-order chi connectivity index (χ0) is 23.3. The third kappa shape index (κ3) is 4.07. The van der Waals surface area contributed by atoms with E-state index >= 15 is 0 Å². The van der Waals surface area contributed by atoms with Crippen LogP contribution in [-0.4, -0.2) is 22.8 Å². The van der Waals surface area contributed by atoms with Gasteiger partial charge in [0.15, 0.2) is 0 Å². The summed E-state index contributed by atoms with van der Waals surface area (Å²) >= 11 is 0. The van der Waals surface area contributed by atoms with Crippen LogP contribution in [0.15, 0.2) is 0 Å². The summed E-state index contributed by atoms with van der Waals surface area (Å²) in [4.78, 5) is 11.5. The zero-order valence-electron chi connectivity index (χ0n) is 21.8. The highest BCUT2D eigenvalue weighted by Crippen LogP contribution is 2.69. The lowest BCUT2D eigenvalue weighted by molar-refractivity contribution is -0.224. The van der Waals surface area contributed by atoms with Crippen molar-refractivity contribution in [2.45, 2.75) is 130 Å². The van der Waals surface area contributed by atoms with Crippen LogP contribution < -0.4 is 0 Å². The van der Waals surface area contributed by atoms with Gasteiger partial charge in [-0.15, -0.1) is 0 Å². The Labute approximate surface area is 197 Å². The maximum atomic E-state index is 11.9. The Balaban J connectivity index is 1.47. The van der Waals surface area contributed by atoms with Crippen LogP contribution in [0.2, 0.25) is 0 Å². The van der Waals surface area contributed by atoms with Crippen molar-refractivity contribution < 1.29 is 14.6 Å². The summed E-state index contributed by atoms with van der Waals surface area (Å²) in [6, 6.07) is 0. The van der Waals surface area contributed by atoms with E-state index in [9.17, 15) is 9.90 Å². The highest BCUT2D eigenvalue weighted by atomic mass is 16.5. The van der Waals surface area contributed by atoms with Crippen LogP contribution in [0.5, 0.6) is 0 Å². The van der Waals surface area contributed by atoms with Gasteiger partial charge < -0.3 is 9.84 Å². The van der Waals surface area contributed by atoms with Gasteiger partial charge in [-0.2, -0.15) is 0 Å². The summed E-state index contributed by atoms with van der Waals surface area (Å²) in [6.45, 7) is 13.8. The van der Waals surface area contributed by atoms with E-state index < -0.39 is 5.60 Å². The summed E-state index contributed by atoms with van der Waals surface area (Å²) < 4.78 is 5.56. The molecule has 0 aliphatic heterocycles. The Morgan fingerprint density at radius 3 is 2.41 bits per heavy atom. The molecule has 0 unspecified atom stereocenters. The number of rotatable bonds is 6. The third-order valence-electron chi connectivity index (χ3n) is 11.3. The molecule has 0 aromatic carbocycles. The maximum Gasteiger partial charge on any atom is 0.302 e. The first-order valence-corrected chi connectivity index (χ1v) is 13.9. The van der Waals surface area contributed by atoms with Gasteiger partial charge in [0.05, 0.1) is 5.60 Å². The minimum absolute atomic E-state index is 0.0190. The monoisotopic (exact) mass is 446 g/mol. The quantitative estimate of drug-likeness (QED) is 0.440. The standard InChI is InChI=1S/C29H50O3/c1-19(2)8-7-9-20(3)24-10-11-25-23-13-17-29(31)18-22(32-21(4)30)12-16-28(29,6)26(23)14-15-27(24,25)5/h19-20,22-26,31H,7-18H2,1-6H3/t20-,22-,23+,24-,25+,26+,27-,28+,29+/m0/s1. The number of esters is 1. The van der Waals surface area contributed by atoms with E-state index in [0.717, 1.165) is 55.3 Å². The Hall–Kier alpha value is -0.570. The largest absolute Gasteiger partial charge is 0.462 e. The fourth-order valence-corrected chi connectivity index (χ4v) is 9.57. The first kappa shape index (κ1) is 24.6. The van der Waals surface area contributed by atoms with E-state index in [1.165, 1.54) is 51.9 Å². The van der Waals surface area contributed by atoms with Crippen molar-refractivity contribution in [2.24, 2.45) is 46.3 Å². The molecule has 4 aliphatic rings. The zero-order valence-corrected chi connectivity index (χ0v) is 21.8. The van der Waals surface area contributed by atoms with Crippen molar-refractivity contribution in [3.63, 3.8) is 0 Å². The fourth-order valence-electron chi connectivity index (χ4n) is 9.57. The highest BCUT2D eigenvalue weighted by Gasteiger charge is 2.64. The lowest BCUT2D eigenvalue weighted by atomic mass is 9.43. The smallest absolute Gasteiger partial charge is 0.302 e. The van der Waals surface area contributed by atoms with E-state index in [-0.39, 0.29) is 17.5 Å². The molecule has 4 aliphatic carbocycles. The first-order valence-electron chi connectivity index (χ1n) is 13.9. The Morgan fingerprint density at radius 1 is 0.969 bits per heavy atom. The van der Waals surface area contributed by atoms with E-state index in [0.29, 0.717) is 17.8 Å². The molecule has 0 aromatic rings. The minimum atomic E-state index is -0.664. The van der Waals surface area contributed by atoms with Crippen molar-refractivity contribution >= 4 is 5.97 Å². The molecule has 3 heteroatoms. The van der Waals surface area contributed by atoms with Crippen LogP contribution in [0.3, 0.4) is 0 Å². The van der Waals surface area contributed by atoms with Crippen LogP contribution in [0, 0.1) is 46.3 Å². The van der Waals surface area contributed by atoms with Gasteiger partial charge in [-0.1, -0.05) is 53.9 Å². The third-order valence-corrected chi connectivity index (χ3v) is 11.3. The summed E-state index contributed by atoms with van der Waals surface area (Å²) in [5.41, 5.74) is -0.184. The molecule has 0 amide bonds. The molecule has 0 radical (unpaired) electrons. The maximum absolute atomic E-state index is 11.9. The summed E-state index contributed by atoms with van der Waals surface area (Å²) in [6.07, 6.45) is 14.1.